The van der Waals surface area contributed by atoms with Crippen LogP contribution in [0.1, 0.15) is 53.9 Å². The molecule has 0 aliphatic heterocycles. The fraction of sp³-hybridized carbons (Fsp3) is 0.176. The normalized spacial score (nSPS) is 11.5. The highest BCUT2D eigenvalue weighted by atomic mass is 16.5. The minimum Gasteiger partial charge on any atom is -0.479 e. The molecular weight excluding hydrogens is 616 g/mol. The van der Waals surface area contributed by atoms with E-state index in [1.54, 1.807) is 50.2 Å². The lowest BCUT2D eigenvalue weighted by Gasteiger charge is -2.00. The molecule has 0 bridgehead atoms. The molecule has 5 rings (SSSR count). The van der Waals surface area contributed by atoms with Gasteiger partial charge < -0.3 is 30.0 Å². The predicted octanol–water partition coefficient (Wildman–Crippen LogP) is 3.71. The maximum atomic E-state index is 9.81. The molecule has 5 aromatic rings. The van der Waals surface area contributed by atoms with Crippen molar-refractivity contribution >= 4 is 11.8 Å². The number of hydrogen-bond donors (Lipinski definition) is 3. The third-order valence-electron chi connectivity index (χ3n) is 6.06. The van der Waals surface area contributed by atoms with E-state index >= 15 is 0 Å². The van der Waals surface area contributed by atoms with E-state index in [1.807, 2.05) is 43.3 Å². The molecule has 0 amide bonds. The van der Waals surface area contributed by atoms with Crippen LogP contribution < -0.4 is 5.73 Å². The first-order valence-corrected chi connectivity index (χ1v) is 14.1. The van der Waals surface area contributed by atoms with Crippen LogP contribution in [0.3, 0.4) is 0 Å². The number of carbonyl (C=O) groups is 1. The van der Waals surface area contributed by atoms with Crippen LogP contribution in [-0.4, -0.2) is 72.5 Å². The van der Waals surface area contributed by atoms with Gasteiger partial charge in [-0.2, -0.15) is 4.98 Å². The van der Waals surface area contributed by atoms with Crippen molar-refractivity contribution in [2.24, 2.45) is 10.9 Å². The van der Waals surface area contributed by atoms with Crippen molar-refractivity contribution in [2.75, 3.05) is 14.2 Å². The Morgan fingerprint density at radius 1 is 0.833 bits per heavy atom. The Bertz CT molecular complexity index is 1880. The molecule has 2 atom stereocenters. The number of methoxy groups -OCH3 is 2. The minimum atomic E-state index is -0.928. The lowest BCUT2D eigenvalue weighted by molar-refractivity contribution is -0.147. The number of ether oxygens (including phenoxy) is 2. The van der Waals surface area contributed by atoms with Gasteiger partial charge in [0.05, 0.1) is 0 Å². The molecule has 48 heavy (non-hydrogen) atoms. The van der Waals surface area contributed by atoms with E-state index in [9.17, 15) is 4.79 Å². The second kappa shape index (κ2) is 19.1. The molecule has 2 unspecified atom stereocenters. The zero-order valence-corrected chi connectivity index (χ0v) is 26.5. The van der Waals surface area contributed by atoms with Gasteiger partial charge in [-0.1, -0.05) is 22.2 Å². The molecule has 0 radical (unpaired) electrons. The van der Waals surface area contributed by atoms with Gasteiger partial charge in [-0.05, 0) is 74.2 Å². The van der Waals surface area contributed by atoms with E-state index in [2.05, 4.69) is 63.7 Å². The molecule has 0 aromatic carbocycles. The van der Waals surface area contributed by atoms with Crippen LogP contribution in [0.5, 0.6) is 0 Å². The summed E-state index contributed by atoms with van der Waals surface area (Å²) < 4.78 is 14.7. The maximum absolute atomic E-state index is 9.81. The third kappa shape index (κ3) is 11.8. The van der Waals surface area contributed by atoms with Crippen molar-refractivity contribution in [1.82, 2.24) is 30.1 Å². The van der Waals surface area contributed by atoms with E-state index in [-0.39, 0.29) is 11.9 Å². The number of amidine groups is 1. The maximum Gasteiger partial charge on any atom is 0.332 e. The average Bonchev–Trinajstić information content (AvgIpc) is 3.64. The lowest BCUT2D eigenvalue weighted by Crippen LogP contribution is -2.17. The van der Waals surface area contributed by atoms with Crippen molar-refractivity contribution in [1.29, 1.82) is 0 Å². The first-order valence-electron chi connectivity index (χ1n) is 14.1. The number of pyridine rings is 4. The quantitative estimate of drug-likeness (QED) is 0.0790. The highest BCUT2D eigenvalue weighted by Gasteiger charge is 2.14. The summed E-state index contributed by atoms with van der Waals surface area (Å²) in [7, 11) is 2.95. The number of aromatic nitrogens is 6. The summed E-state index contributed by atoms with van der Waals surface area (Å²) >= 11 is 0. The van der Waals surface area contributed by atoms with Crippen molar-refractivity contribution < 1.29 is 29.1 Å². The van der Waals surface area contributed by atoms with Gasteiger partial charge in [-0.3, -0.25) is 9.97 Å². The van der Waals surface area contributed by atoms with Crippen LogP contribution in [0, 0.1) is 23.7 Å². The molecule has 0 saturated heterocycles. The molecule has 14 heteroatoms. The zero-order chi connectivity index (χ0) is 34.7. The molecule has 0 spiro atoms. The summed E-state index contributed by atoms with van der Waals surface area (Å²) in [4.78, 5) is 30.4. The van der Waals surface area contributed by atoms with Crippen LogP contribution >= 0.6 is 0 Å². The van der Waals surface area contributed by atoms with Crippen LogP contribution in [0.2, 0.25) is 0 Å². The van der Waals surface area contributed by atoms with Gasteiger partial charge in [0, 0.05) is 73.7 Å². The molecule has 0 saturated carbocycles. The van der Waals surface area contributed by atoms with E-state index in [0.29, 0.717) is 28.7 Å². The minimum absolute atomic E-state index is 0.0242. The number of nitrogens with two attached hydrogens (primary N) is 1. The molecule has 5 aromatic heterocycles. The van der Waals surface area contributed by atoms with Gasteiger partial charge in [0.2, 0.25) is 5.82 Å². The van der Waals surface area contributed by atoms with Crippen LogP contribution in [0.4, 0.5) is 0 Å². The van der Waals surface area contributed by atoms with E-state index in [1.165, 1.54) is 20.2 Å². The van der Waals surface area contributed by atoms with Crippen LogP contribution in [-0.2, 0) is 14.3 Å². The number of hydrogen-bond acceptors (Lipinski definition) is 12. The number of carboxylic acid groups (broad SMARTS) is 1. The first-order chi connectivity index (χ1) is 23.2. The summed E-state index contributed by atoms with van der Waals surface area (Å²) in [5.74, 6) is 11.9. The average molecular weight is 649 g/mol. The summed E-state index contributed by atoms with van der Waals surface area (Å²) in [5.41, 5.74) is 9.77. The second-order valence-electron chi connectivity index (χ2n) is 9.37. The molecule has 5 heterocycles. The van der Waals surface area contributed by atoms with E-state index in [4.69, 9.17) is 25.3 Å². The molecule has 0 aliphatic rings. The molecule has 14 nitrogen and oxygen atoms in total. The Kier molecular flexibility index (Phi) is 14.3. The Hall–Kier alpha value is -6.48. The highest BCUT2D eigenvalue weighted by molar-refractivity contribution is 5.96. The van der Waals surface area contributed by atoms with Crippen LogP contribution in [0.25, 0.3) is 11.4 Å². The summed E-state index contributed by atoms with van der Waals surface area (Å²) in [6, 6.07) is 14.4. The van der Waals surface area contributed by atoms with Gasteiger partial charge in [0.15, 0.2) is 11.9 Å². The number of nitrogens with zero attached hydrogens (tertiary/aromatic N) is 7. The van der Waals surface area contributed by atoms with Crippen molar-refractivity contribution in [3.8, 4) is 35.1 Å². The Morgan fingerprint density at radius 2 is 1.40 bits per heavy atom. The topological polar surface area (TPSA) is 205 Å². The fourth-order valence-corrected chi connectivity index (χ4v) is 3.14. The monoisotopic (exact) mass is 648 g/mol. The third-order valence-corrected chi connectivity index (χ3v) is 6.06. The van der Waals surface area contributed by atoms with Gasteiger partial charge >= 0.3 is 5.97 Å². The van der Waals surface area contributed by atoms with Crippen LogP contribution in [0.15, 0.2) is 95.4 Å². The van der Waals surface area contributed by atoms with Gasteiger partial charge in [-0.15, -0.1) is 0 Å². The van der Waals surface area contributed by atoms with Crippen molar-refractivity contribution in [3.05, 3.63) is 120 Å². The zero-order valence-electron chi connectivity index (χ0n) is 26.5. The highest BCUT2D eigenvalue weighted by Crippen LogP contribution is 2.19. The second-order valence-corrected chi connectivity index (χ2v) is 9.37. The molecule has 0 aliphatic carbocycles. The van der Waals surface area contributed by atoms with Gasteiger partial charge in [0.1, 0.15) is 17.5 Å². The number of oxime groups is 1. The molecule has 0 fully saturated rings. The SMILES string of the molecule is COC(C)C(=O)O.COC(C)c1nc(-c2ccc(C#Cc3ccncc3)nc2)no1.N/C(=N\O)c1ccc(C#Cc2ccncc2)nc1. The number of carboxylic acids is 1. The lowest BCUT2D eigenvalue weighted by atomic mass is 10.2. The van der Waals surface area contributed by atoms with Crippen molar-refractivity contribution in [2.45, 2.75) is 26.1 Å². The number of aliphatic carboxylic acids is 1. The summed E-state index contributed by atoms with van der Waals surface area (Å²) in [6.07, 6.45) is 9.02. The largest absolute Gasteiger partial charge is 0.479 e. The van der Waals surface area contributed by atoms with Crippen molar-refractivity contribution in [3.63, 3.8) is 0 Å². The van der Waals surface area contributed by atoms with E-state index in [0.717, 1.165) is 16.7 Å². The van der Waals surface area contributed by atoms with E-state index < -0.39 is 12.1 Å². The number of rotatable bonds is 6. The fourth-order valence-electron chi connectivity index (χ4n) is 3.14. The Labute approximate surface area is 276 Å². The Balaban J connectivity index is 0.000000222. The summed E-state index contributed by atoms with van der Waals surface area (Å²) in [5, 5.41) is 23.4. The molecular formula is C34H32N8O6. The van der Waals surface area contributed by atoms with Gasteiger partial charge in [0.25, 0.3) is 5.89 Å². The molecule has 4 N–H and O–H groups in total. The first kappa shape index (κ1) is 36.0. The standard InChI is InChI=1S/C17H14N4O2.C13H10N4O.C4H8O3/c1-12(22-2)17-20-16(21-23-17)14-4-6-15(19-11-14)5-3-13-7-9-18-10-8-13;14-13(17-18)11-2-4-12(16-9-11)3-1-10-5-7-15-8-6-10;1-3(7-2)4(5)6/h4,6-12H,1-2H3;2,4-9,18H,(H2,14,17);3H,1-2H3,(H,5,6). The van der Waals surface area contributed by atoms with Gasteiger partial charge in [-0.25, -0.2) is 14.8 Å². The smallest absolute Gasteiger partial charge is 0.332 e. The Morgan fingerprint density at radius 3 is 1.81 bits per heavy atom. The molecule has 244 valence electrons. The summed E-state index contributed by atoms with van der Waals surface area (Å²) in [6.45, 7) is 3.32. The predicted molar refractivity (Wildman–Crippen MR) is 174 cm³/mol.